The molecule has 0 saturated heterocycles. The molecule has 0 aliphatic heterocycles. The van der Waals surface area contributed by atoms with Crippen molar-refractivity contribution in [1.82, 2.24) is 19.7 Å². The lowest BCUT2D eigenvalue weighted by atomic mass is 10.1. The van der Waals surface area contributed by atoms with Gasteiger partial charge in [0.2, 0.25) is 0 Å². The van der Waals surface area contributed by atoms with Gasteiger partial charge in [0, 0.05) is 23.3 Å². The fourth-order valence-electron chi connectivity index (χ4n) is 2.88. The molecule has 0 unspecified atom stereocenters. The van der Waals surface area contributed by atoms with Crippen LogP contribution in [0.15, 0.2) is 70.9 Å². The number of nitrogens with one attached hydrogen (secondary N) is 1. The van der Waals surface area contributed by atoms with Crippen molar-refractivity contribution in [3.8, 4) is 22.0 Å². The first-order valence-corrected chi connectivity index (χ1v) is 10.3. The van der Waals surface area contributed by atoms with E-state index in [9.17, 15) is 4.79 Å². The summed E-state index contributed by atoms with van der Waals surface area (Å²) in [5.74, 6) is 0.473. The molecule has 5 rings (SSSR count). The highest BCUT2D eigenvalue weighted by molar-refractivity contribution is 7.17. The summed E-state index contributed by atoms with van der Waals surface area (Å²) in [6.45, 7) is 0.357. The number of thiazole rings is 2. The van der Waals surface area contributed by atoms with Gasteiger partial charge >= 0.3 is 0 Å². The lowest BCUT2D eigenvalue weighted by molar-refractivity contribution is 0.0955. The first-order valence-electron chi connectivity index (χ1n) is 8.57. The third-order valence-electron chi connectivity index (χ3n) is 4.19. The number of carbonyl (C=O) groups is 1. The monoisotopic (exact) mass is 406 g/mol. The first-order chi connectivity index (χ1) is 13.8. The molecule has 0 saturated carbocycles. The predicted molar refractivity (Wildman–Crippen MR) is 109 cm³/mol. The molecule has 0 aliphatic carbocycles. The van der Waals surface area contributed by atoms with Crippen LogP contribution in [-0.4, -0.2) is 20.3 Å². The Bertz CT molecular complexity index is 1210. The molecular formula is C20H14N4O2S2. The van der Waals surface area contributed by atoms with Crippen molar-refractivity contribution in [3.05, 3.63) is 77.1 Å². The first kappa shape index (κ1) is 16.9. The Morgan fingerprint density at radius 2 is 2.04 bits per heavy atom. The molecule has 0 spiro atoms. The summed E-state index contributed by atoms with van der Waals surface area (Å²) in [6.07, 6.45) is 5.47. The van der Waals surface area contributed by atoms with E-state index in [0.717, 1.165) is 16.2 Å². The number of carbonyl (C=O) groups excluding carboxylic acids is 1. The quantitative estimate of drug-likeness (QED) is 0.459. The molecule has 8 heteroatoms. The van der Waals surface area contributed by atoms with Crippen LogP contribution in [0.4, 0.5) is 0 Å². The van der Waals surface area contributed by atoms with Crippen LogP contribution in [0.3, 0.4) is 0 Å². The summed E-state index contributed by atoms with van der Waals surface area (Å²) in [6, 6.07) is 13.3. The Balaban J connectivity index is 1.45. The standard InChI is InChI=1S/C20H14N4O2S2/c25-18(21-11-14-12-24-8-10-27-20(24)22-14)17-16(13-5-2-1-3-6-13)23-19(28-17)15-7-4-9-26-15/h1-10,12H,11H2,(H,21,25). The van der Waals surface area contributed by atoms with Crippen LogP contribution < -0.4 is 5.32 Å². The van der Waals surface area contributed by atoms with E-state index < -0.39 is 0 Å². The zero-order valence-corrected chi connectivity index (χ0v) is 16.2. The van der Waals surface area contributed by atoms with Crippen LogP contribution in [-0.2, 0) is 6.54 Å². The molecule has 28 heavy (non-hydrogen) atoms. The van der Waals surface area contributed by atoms with Crippen molar-refractivity contribution in [3.63, 3.8) is 0 Å². The van der Waals surface area contributed by atoms with E-state index in [1.165, 1.54) is 11.3 Å². The zero-order valence-electron chi connectivity index (χ0n) is 14.5. The molecule has 1 aromatic carbocycles. The lowest BCUT2D eigenvalue weighted by Crippen LogP contribution is -2.22. The summed E-state index contributed by atoms with van der Waals surface area (Å²) >= 11 is 2.88. The number of nitrogens with zero attached hydrogens (tertiary/aromatic N) is 3. The zero-order chi connectivity index (χ0) is 18.9. The SMILES string of the molecule is O=C(NCc1cn2ccsc2n1)c1sc(-c2ccco2)nc1-c1ccccc1. The Hall–Kier alpha value is -3.23. The molecule has 4 heterocycles. The van der Waals surface area contributed by atoms with Crippen molar-refractivity contribution in [2.75, 3.05) is 0 Å². The highest BCUT2D eigenvalue weighted by atomic mass is 32.1. The molecule has 0 fully saturated rings. The number of amides is 1. The minimum atomic E-state index is -0.175. The maximum atomic E-state index is 12.9. The Morgan fingerprint density at radius 3 is 2.82 bits per heavy atom. The number of furan rings is 1. The van der Waals surface area contributed by atoms with Gasteiger partial charge in [-0.2, -0.15) is 0 Å². The van der Waals surface area contributed by atoms with Gasteiger partial charge in [-0.1, -0.05) is 30.3 Å². The highest BCUT2D eigenvalue weighted by Crippen LogP contribution is 2.34. The number of fused-ring (bicyclic) bond motifs is 1. The fraction of sp³-hybridized carbons (Fsp3) is 0.0500. The van der Waals surface area contributed by atoms with Crippen LogP contribution >= 0.6 is 22.7 Å². The molecule has 0 radical (unpaired) electrons. The summed E-state index contributed by atoms with van der Waals surface area (Å²) < 4.78 is 7.41. The maximum Gasteiger partial charge on any atom is 0.264 e. The lowest BCUT2D eigenvalue weighted by Gasteiger charge is -2.03. The number of hydrogen-bond donors (Lipinski definition) is 1. The van der Waals surface area contributed by atoms with Gasteiger partial charge in [-0.15, -0.1) is 22.7 Å². The molecule has 0 atom stereocenters. The molecule has 138 valence electrons. The van der Waals surface area contributed by atoms with Gasteiger partial charge in [-0.05, 0) is 12.1 Å². The molecule has 0 bridgehead atoms. The van der Waals surface area contributed by atoms with Crippen molar-refractivity contribution in [2.24, 2.45) is 0 Å². The number of hydrogen-bond acceptors (Lipinski definition) is 6. The molecule has 1 N–H and O–H groups in total. The van der Waals surface area contributed by atoms with Crippen LogP contribution in [0.5, 0.6) is 0 Å². The average Bonchev–Trinajstić information content (AvgIpc) is 3.50. The van der Waals surface area contributed by atoms with Gasteiger partial charge in [-0.3, -0.25) is 9.20 Å². The Morgan fingerprint density at radius 1 is 1.14 bits per heavy atom. The van der Waals surface area contributed by atoms with E-state index in [0.29, 0.717) is 27.9 Å². The fourth-order valence-corrected chi connectivity index (χ4v) is 4.57. The van der Waals surface area contributed by atoms with Crippen molar-refractivity contribution in [1.29, 1.82) is 0 Å². The second-order valence-electron chi connectivity index (χ2n) is 6.05. The van der Waals surface area contributed by atoms with Gasteiger partial charge in [0.1, 0.15) is 4.88 Å². The van der Waals surface area contributed by atoms with Gasteiger partial charge in [0.05, 0.1) is 24.2 Å². The van der Waals surface area contributed by atoms with Crippen molar-refractivity contribution in [2.45, 2.75) is 6.54 Å². The van der Waals surface area contributed by atoms with Crippen LogP contribution in [0.1, 0.15) is 15.4 Å². The third-order valence-corrected chi connectivity index (χ3v) is 6.03. The number of benzene rings is 1. The smallest absolute Gasteiger partial charge is 0.264 e. The topological polar surface area (TPSA) is 72.4 Å². The Kier molecular flexibility index (Phi) is 4.27. The second kappa shape index (κ2) is 7.06. The maximum absolute atomic E-state index is 12.9. The minimum Gasteiger partial charge on any atom is -0.462 e. The van der Waals surface area contributed by atoms with E-state index in [-0.39, 0.29) is 5.91 Å². The predicted octanol–water partition coefficient (Wildman–Crippen LogP) is 4.71. The van der Waals surface area contributed by atoms with Crippen LogP contribution in [0, 0.1) is 0 Å². The number of rotatable bonds is 5. The van der Waals surface area contributed by atoms with Gasteiger partial charge in [-0.25, -0.2) is 9.97 Å². The van der Waals surface area contributed by atoms with E-state index in [4.69, 9.17) is 4.42 Å². The number of aromatic nitrogens is 3. The summed E-state index contributed by atoms with van der Waals surface area (Å²) in [4.78, 5) is 23.6. The number of imidazole rings is 1. The third kappa shape index (κ3) is 3.12. The average molecular weight is 406 g/mol. The van der Waals surface area contributed by atoms with E-state index in [2.05, 4.69) is 15.3 Å². The van der Waals surface area contributed by atoms with E-state index in [1.54, 1.807) is 17.6 Å². The molecule has 4 aromatic heterocycles. The van der Waals surface area contributed by atoms with Gasteiger partial charge in [0.25, 0.3) is 5.91 Å². The summed E-state index contributed by atoms with van der Waals surface area (Å²) in [5.41, 5.74) is 2.36. The Labute approximate surface area is 168 Å². The van der Waals surface area contributed by atoms with E-state index in [1.807, 2.05) is 64.6 Å². The van der Waals surface area contributed by atoms with Crippen LogP contribution in [0.2, 0.25) is 0 Å². The normalized spacial score (nSPS) is 11.1. The van der Waals surface area contributed by atoms with Crippen molar-refractivity contribution >= 4 is 33.5 Å². The minimum absolute atomic E-state index is 0.175. The van der Waals surface area contributed by atoms with Crippen LogP contribution in [0.25, 0.3) is 27.0 Å². The van der Waals surface area contributed by atoms with Gasteiger partial charge < -0.3 is 9.73 Å². The van der Waals surface area contributed by atoms with Gasteiger partial charge in [0.15, 0.2) is 15.7 Å². The highest BCUT2D eigenvalue weighted by Gasteiger charge is 2.21. The molecule has 6 nitrogen and oxygen atoms in total. The largest absolute Gasteiger partial charge is 0.462 e. The summed E-state index contributed by atoms with van der Waals surface area (Å²) in [5, 5.41) is 5.62. The van der Waals surface area contributed by atoms with Crippen molar-refractivity contribution < 1.29 is 9.21 Å². The molecule has 5 aromatic rings. The molecular weight excluding hydrogens is 392 g/mol. The molecule has 1 amide bonds. The summed E-state index contributed by atoms with van der Waals surface area (Å²) in [7, 11) is 0. The van der Waals surface area contributed by atoms with E-state index >= 15 is 0 Å². The second-order valence-corrected chi connectivity index (χ2v) is 7.92. The molecule has 0 aliphatic rings.